The Morgan fingerprint density at radius 2 is 0.633 bits per heavy atom. The van der Waals surface area contributed by atoms with E-state index in [-0.39, 0.29) is 32.2 Å². The second-order valence-electron chi connectivity index (χ2n) is 26.6. The lowest BCUT2D eigenvalue weighted by atomic mass is 10.0. The highest BCUT2D eigenvalue weighted by Crippen LogP contribution is 2.19. The molecular formula is C81H143NO8. The Morgan fingerprint density at radius 1 is 0.344 bits per heavy atom. The van der Waals surface area contributed by atoms with Crippen molar-refractivity contribution in [3.05, 3.63) is 97.2 Å². The number of esters is 2. The number of carboxylic acid groups (broad SMARTS) is 1. The number of carbonyl (C=O) groups is 3. The Balaban J connectivity index is 4.06. The maximum absolute atomic E-state index is 13.0. The summed E-state index contributed by atoms with van der Waals surface area (Å²) in [6, 6.07) is 0. The first kappa shape index (κ1) is 86.2. The average Bonchev–Trinajstić information content (AvgIpc) is 3.65. The Kier molecular flexibility index (Phi) is 68.1. The SMILES string of the molecule is CC/C=C\C/C=C\C/C=C\C/C=C\C/C=C\C/C=C\C/C=C\C/C=C\CCCCCCCCCCCCCCCCC(=O)OC(COC(=O)CCCCCCCCCCCCCCCCCCCCCCCCCCCC)COC(OCC[N+](C)(C)C)C(=O)[O-]. The van der Waals surface area contributed by atoms with Crippen LogP contribution in [0.2, 0.25) is 0 Å². The minimum absolute atomic E-state index is 0.147. The second kappa shape index (κ2) is 71.1. The highest BCUT2D eigenvalue weighted by molar-refractivity contribution is 5.70. The third-order valence-corrected chi connectivity index (χ3v) is 16.6. The number of rotatable bonds is 70. The molecule has 0 radical (unpaired) electrons. The third-order valence-electron chi connectivity index (χ3n) is 16.6. The van der Waals surface area contributed by atoms with Gasteiger partial charge in [0.2, 0.25) is 0 Å². The van der Waals surface area contributed by atoms with Crippen LogP contribution in [-0.2, 0) is 33.3 Å². The van der Waals surface area contributed by atoms with Crippen LogP contribution in [0.4, 0.5) is 0 Å². The summed E-state index contributed by atoms with van der Waals surface area (Å²) in [5.41, 5.74) is 0. The fraction of sp³-hybridized carbons (Fsp3) is 0.765. The number of likely N-dealkylation sites (N-methyl/N-ethyl adjacent to an activating group) is 1. The van der Waals surface area contributed by atoms with Gasteiger partial charge >= 0.3 is 11.9 Å². The van der Waals surface area contributed by atoms with Crippen LogP contribution >= 0.6 is 0 Å². The Morgan fingerprint density at radius 3 is 0.944 bits per heavy atom. The molecule has 2 unspecified atom stereocenters. The summed E-state index contributed by atoms with van der Waals surface area (Å²) in [5, 5.41) is 11.8. The Hall–Kier alpha value is -3.79. The van der Waals surface area contributed by atoms with Crippen molar-refractivity contribution in [3.8, 4) is 0 Å². The molecule has 520 valence electrons. The minimum atomic E-state index is -1.62. The van der Waals surface area contributed by atoms with E-state index < -0.39 is 24.3 Å². The summed E-state index contributed by atoms with van der Waals surface area (Å²) < 4.78 is 22.8. The van der Waals surface area contributed by atoms with Gasteiger partial charge in [0, 0.05) is 12.8 Å². The zero-order chi connectivity index (χ0) is 65.4. The van der Waals surface area contributed by atoms with Gasteiger partial charge in [0.15, 0.2) is 12.4 Å². The lowest BCUT2D eigenvalue weighted by Crippen LogP contribution is -2.44. The minimum Gasteiger partial charge on any atom is -0.545 e. The molecular weight excluding hydrogens is 1110 g/mol. The molecule has 0 aliphatic carbocycles. The number of ether oxygens (including phenoxy) is 4. The Labute approximate surface area is 556 Å². The number of carbonyl (C=O) groups excluding carboxylic acids is 3. The van der Waals surface area contributed by atoms with Gasteiger partial charge in [-0.15, -0.1) is 0 Å². The predicted molar refractivity (Wildman–Crippen MR) is 384 cm³/mol. The standard InChI is InChI=1S/C81H143NO8/c1-6-8-10-12-14-16-18-20-22-24-26-28-30-32-34-35-36-37-38-39-40-41-42-43-44-45-46-48-50-52-54-56-58-60-62-64-66-68-70-72-79(84)90-77(76-89-81(80(85)86)87-74-73-82(3,4)5)75-88-78(83)71-69-67-65-63-61-59-57-55-53-51-49-47-33-31-29-27-25-23-21-19-17-15-13-11-9-7-2/h8,10,14,16,20,22,26,28,32,34,36-37,39-40,42-43,77,81H,6-7,9,11-13,15,17-19,21,23-25,27,29-31,33,35,38,41,44-76H2,1-5H3/b10-8-,16-14-,22-20-,28-26-,34-32-,37-36-,40-39-,43-42-. The van der Waals surface area contributed by atoms with Crippen LogP contribution in [0.5, 0.6) is 0 Å². The van der Waals surface area contributed by atoms with Crippen molar-refractivity contribution >= 4 is 17.9 Å². The first-order chi connectivity index (χ1) is 44.1. The van der Waals surface area contributed by atoms with Crippen LogP contribution in [-0.4, -0.2) is 82.3 Å². The van der Waals surface area contributed by atoms with Crippen molar-refractivity contribution in [2.24, 2.45) is 0 Å². The van der Waals surface area contributed by atoms with Gasteiger partial charge in [-0.1, -0.05) is 349 Å². The summed E-state index contributed by atoms with van der Waals surface area (Å²) in [6.45, 7) is 4.68. The Bertz CT molecular complexity index is 1800. The van der Waals surface area contributed by atoms with E-state index in [1.165, 1.54) is 218 Å². The van der Waals surface area contributed by atoms with Crippen molar-refractivity contribution in [1.82, 2.24) is 0 Å². The molecule has 0 bridgehead atoms. The van der Waals surface area contributed by atoms with Crippen LogP contribution < -0.4 is 5.11 Å². The zero-order valence-corrected chi connectivity index (χ0v) is 59.5. The highest BCUT2D eigenvalue weighted by Gasteiger charge is 2.22. The van der Waals surface area contributed by atoms with Crippen molar-refractivity contribution in [2.45, 2.75) is 354 Å². The third kappa shape index (κ3) is 71.6. The van der Waals surface area contributed by atoms with Crippen LogP contribution in [0.1, 0.15) is 341 Å². The van der Waals surface area contributed by atoms with E-state index in [9.17, 15) is 19.5 Å². The van der Waals surface area contributed by atoms with E-state index in [0.717, 1.165) is 89.9 Å². The summed E-state index contributed by atoms with van der Waals surface area (Å²) in [6.07, 6.45) is 95.1. The zero-order valence-electron chi connectivity index (χ0n) is 59.5. The van der Waals surface area contributed by atoms with E-state index in [2.05, 4.69) is 111 Å². The molecule has 0 saturated carbocycles. The van der Waals surface area contributed by atoms with Gasteiger partial charge in [-0.05, 0) is 77.0 Å². The first-order valence-electron chi connectivity index (χ1n) is 37.9. The van der Waals surface area contributed by atoms with Gasteiger partial charge in [-0.25, -0.2) is 0 Å². The summed E-state index contributed by atoms with van der Waals surface area (Å²) in [5.74, 6) is -2.27. The molecule has 2 atom stereocenters. The van der Waals surface area contributed by atoms with E-state index in [1.807, 2.05) is 21.1 Å². The second-order valence-corrected chi connectivity index (χ2v) is 26.6. The maximum Gasteiger partial charge on any atom is 0.306 e. The molecule has 90 heavy (non-hydrogen) atoms. The molecule has 0 aromatic heterocycles. The van der Waals surface area contributed by atoms with Crippen LogP contribution in [0.25, 0.3) is 0 Å². The monoisotopic (exact) mass is 1260 g/mol. The fourth-order valence-electron chi connectivity index (χ4n) is 10.9. The van der Waals surface area contributed by atoms with Gasteiger partial charge in [0.1, 0.15) is 13.2 Å². The highest BCUT2D eigenvalue weighted by atomic mass is 16.7. The van der Waals surface area contributed by atoms with Gasteiger partial charge in [-0.3, -0.25) is 9.59 Å². The van der Waals surface area contributed by atoms with Crippen LogP contribution in [0, 0.1) is 0 Å². The molecule has 0 spiro atoms. The molecule has 0 rings (SSSR count). The van der Waals surface area contributed by atoms with Crippen molar-refractivity contribution < 1.29 is 42.9 Å². The molecule has 0 saturated heterocycles. The van der Waals surface area contributed by atoms with Crippen molar-refractivity contribution in [2.75, 3.05) is 47.5 Å². The van der Waals surface area contributed by atoms with Crippen molar-refractivity contribution in [3.63, 3.8) is 0 Å². The number of carboxylic acids is 1. The van der Waals surface area contributed by atoms with E-state index in [4.69, 9.17) is 18.9 Å². The average molecular weight is 1260 g/mol. The molecule has 0 aromatic rings. The fourth-order valence-corrected chi connectivity index (χ4v) is 10.9. The molecule has 0 amide bonds. The van der Waals surface area contributed by atoms with E-state index in [1.54, 1.807) is 0 Å². The summed E-state index contributed by atoms with van der Waals surface area (Å²) in [7, 11) is 5.94. The van der Waals surface area contributed by atoms with Crippen LogP contribution in [0.15, 0.2) is 97.2 Å². The number of hydrogen-bond acceptors (Lipinski definition) is 8. The number of unbranched alkanes of at least 4 members (excludes halogenated alkanes) is 39. The largest absolute Gasteiger partial charge is 0.545 e. The summed E-state index contributed by atoms with van der Waals surface area (Å²) in [4.78, 5) is 37.6. The maximum atomic E-state index is 13.0. The molecule has 0 fully saturated rings. The van der Waals surface area contributed by atoms with Gasteiger partial charge in [0.25, 0.3) is 0 Å². The lowest BCUT2D eigenvalue weighted by Gasteiger charge is -2.26. The number of hydrogen-bond donors (Lipinski definition) is 0. The molecule has 0 aromatic carbocycles. The molecule has 9 heteroatoms. The lowest BCUT2D eigenvalue weighted by molar-refractivity contribution is -0.870. The number of nitrogens with zero attached hydrogens (tertiary/aromatic N) is 1. The quantitative estimate of drug-likeness (QED) is 0.0195. The number of aliphatic carboxylic acids is 1. The predicted octanol–water partition coefficient (Wildman–Crippen LogP) is 22.6. The van der Waals surface area contributed by atoms with Crippen LogP contribution in [0.3, 0.4) is 0 Å². The van der Waals surface area contributed by atoms with E-state index >= 15 is 0 Å². The normalized spacial score (nSPS) is 13.2. The number of quaternary nitrogens is 1. The molecule has 0 aliphatic rings. The first-order valence-corrected chi connectivity index (χ1v) is 37.9. The molecule has 9 nitrogen and oxygen atoms in total. The van der Waals surface area contributed by atoms with Gasteiger partial charge < -0.3 is 33.3 Å². The molecule has 0 heterocycles. The van der Waals surface area contributed by atoms with Crippen molar-refractivity contribution in [1.29, 1.82) is 0 Å². The van der Waals surface area contributed by atoms with Gasteiger partial charge in [0.05, 0.1) is 40.3 Å². The molecule has 0 N–H and O–H groups in total. The van der Waals surface area contributed by atoms with Gasteiger partial charge in [-0.2, -0.15) is 0 Å². The molecule has 0 aliphatic heterocycles. The summed E-state index contributed by atoms with van der Waals surface area (Å²) >= 11 is 0. The topological polar surface area (TPSA) is 111 Å². The number of allylic oxidation sites excluding steroid dienone is 16. The smallest absolute Gasteiger partial charge is 0.306 e. The van der Waals surface area contributed by atoms with E-state index in [0.29, 0.717) is 23.9 Å².